The van der Waals surface area contributed by atoms with Crippen molar-refractivity contribution in [2.24, 2.45) is 11.8 Å². The molecule has 2 unspecified atom stereocenters. The molecule has 3 rings (SSSR count). The predicted molar refractivity (Wildman–Crippen MR) is 88.0 cm³/mol. The number of amides is 1. The zero-order chi connectivity index (χ0) is 15.0. The van der Waals surface area contributed by atoms with E-state index in [0.29, 0.717) is 17.5 Å². The molecule has 1 aromatic carbocycles. The molecule has 0 aromatic heterocycles. The first kappa shape index (κ1) is 14.7. The van der Waals surface area contributed by atoms with Gasteiger partial charge < -0.3 is 10.6 Å². The van der Waals surface area contributed by atoms with Crippen LogP contribution in [0.1, 0.15) is 45.1 Å². The van der Waals surface area contributed by atoms with Crippen LogP contribution in [0.4, 0.5) is 11.4 Å². The zero-order valence-corrected chi connectivity index (χ0v) is 13.5. The third-order valence-electron chi connectivity index (χ3n) is 4.84. The average Bonchev–Trinajstić information content (AvgIpc) is 2.78. The van der Waals surface area contributed by atoms with Gasteiger partial charge in [-0.25, -0.2) is 0 Å². The number of nitrogens with one attached hydrogen (secondary N) is 2. The van der Waals surface area contributed by atoms with Crippen LogP contribution in [0.3, 0.4) is 0 Å². The maximum Gasteiger partial charge on any atom is 0.228 e. The van der Waals surface area contributed by atoms with Crippen LogP contribution in [-0.4, -0.2) is 11.9 Å². The van der Waals surface area contributed by atoms with Crippen LogP contribution < -0.4 is 10.6 Å². The van der Waals surface area contributed by atoms with Gasteiger partial charge in [0.2, 0.25) is 5.91 Å². The van der Waals surface area contributed by atoms with Crippen molar-refractivity contribution in [2.45, 2.75) is 52.0 Å². The number of benzene rings is 1. The summed E-state index contributed by atoms with van der Waals surface area (Å²) in [6.45, 7) is 4.62. The van der Waals surface area contributed by atoms with Crippen molar-refractivity contribution in [1.82, 2.24) is 0 Å². The summed E-state index contributed by atoms with van der Waals surface area (Å²) in [4.78, 5) is 11.5. The first-order valence-electron chi connectivity index (χ1n) is 7.91. The Morgan fingerprint density at radius 3 is 2.90 bits per heavy atom. The second-order valence-electron chi connectivity index (χ2n) is 6.73. The molecule has 1 saturated carbocycles. The lowest BCUT2D eigenvalue weighted by Gasteiger charge is -2.33. The van der Waals surface area contributed by atoms with E-state index in [1.54, 1.807) is 0 Å². The van der Waals surface area contributed by atoms with Gasteiger partial charge in [0.15, 0.2) is 0 Å². The summed E-state index contributed by atoms with van der Waals surface area (Å²) in [5.41, 5.74) is 2.88. The number of fused-ring (bicyclic) bond motifs is 1. The Hall–Kier alpha value is -1.22. The predicted octanol–water partition coefficient (Wildman–Crippen LogP) is 4.46. The Labute approximate surface area is 131 Å². The van der Waals surface area contributed by atoms with Crippen molar-refractivity contribution in [3.63, 3.8) is 0 Å². The van der Waals surface area contributed by atoms with Gasteiger partial charge in [0, 0.05) is 11.7 Å². The molecule has 0 bridgehead atoms. The van der Waals surface area contributed by atoms with E-state index >= 15 is 0 Å². The molecule has 1 aromatic rings. The van der Waals surface area contributed by atoms with E-state index in [1.165, 1.54) is 25.7 Å². The summed E-state index contributed by atoms with van der Waals surface area (Å²) < 4.78 is 0. The quantitative estimate of drug-likeness (QED) is 0.865. The molecule has 1 fully saturated rings. The summed E-state index contributed by atoms with van der Waals surface area (Å²) in [6.07, 6.45) is 5.49. The molecule has 1 aliphatic heterocycles. The molecule has 0 saturated heterocycles. The van der Waals surface area contributed by atoms with Crippen molar-refractivity contribution in [1.29, 1.82) is 0 Å². The van der Waals surface area contributed by atoms with Gasteiger partial charge >= 0.3 is 0 Å². The first-order chi connectivity index (χ1) is 10.0. The number of hydrogen-bond acceptors (Lipinski definition) is 2. The Bertz CT molecular complexity index is 556. The van der Waals surface area contributed by atoms with Crippen molar-refractivity contribution in [3.8, 4) is 0 Å². The highest BCUT2D eigenvalue weighted by atomic mass is 35.5. The Morgan fingerprint density at radius 2 is 2.14 bits per heavy atom. The van der Waals surface area contributed by atoms with Crippen LogP contribution in [-0.2, 0) is 11.2 Å². The fraction of sp³-hybridized carbons (Fsp3) is 0.588. The summed E-state index contributed by atoms with van der Waals surface area (Å²) >= 11 is 6.36. The van der Waals surface area contributed by atoms with E-state index in [4.69, 9.17) is 11.6 Å². The maximum atomic E-state index is 11.5. The van der Waals surface area contributed by atoms with Crippen LogP contribution in [0.5, 0.6) is 0 Å². The van der Waals surface area contributed by atoms with Crippen LogP contribution in [0, 0.1) is 11.8 Å². The zero-order valence-electron chi connectivity index (χ0n) is 12.7. The molecule has 1 heterocycles. The Morgan fingerprint density at radius 1 is 1.33 bits per heavy atom. The minimum atomic E-state index is 0.0516. The molecule has 0 radical (unpaired) electrons. The normalized spacial score (nSPS) is 24.9. The standard InChI is InChI=1S/C17H23ClN2O/c1-10(2)11-4-3-5-13(6-11)19-16-7-12-8-17(21)20-15(12)9-14(16)18/h7,9-11,13,19H,3-6,8H2,1-2H3,(H,20,21). The molecule has 21 heavy (non-hydrogen) atoms. The summed E-state index contributed by atoms with van der Waals surface area (Å²) in [6, 6.07) is 4.40. The van der Waals surface area contributed by atoms with E-state index < -0.39 is 0 Å². The number of carbonyl (C=O) groups excluding carboxylic acids is 1. The van der Waals surface area contributed by atoms with Gasteiger partial charge in [0.05, 0.1) is 17.1 Å². The molecule has 114 valence electrons. The lowest BCUT2D eigenvalue weighted by molar-refractivity contribution is -0.115. The van der Waals surface area contributed by atoms with Crippen LogP contribution in [0.25, 0.3) is 0 Å². The fourth-order valence-corrected chi connectivity index (χ4v) is 3.76. The van der Waals surface area contributed by atoms with Crippen LogP contribution in [0.2, 0.25) is 5.02 Å². The minimum Gasteiger partial charge on any atom is -0.381 e. The molecule has 4 heteroatoms. The van der Waals surface area contributed by atoms with Gasteiger partial charge in [0.1, 0.15) is 0 Å². The summed E-state index contributed by atoms with van der Waals surface area (Å²) in [5.74, 6) is 1.59. The van der Waals surface area contributed by atoms with Crippen LogP contribution in [0.15, 0.2) is 12.1 Å². The highest BCUT2D eigenvalue weighted by Gasteiger charge is 2.25. The molecule has 1 amide bonds. The monoisotopic (exact) mass is 306 g/mol. The van der Waals surface area contributed by atoms with Gasteiger partial charge in [-0.15, -0.1) is 0 Å². The molecular weight excluding hydrogens is 284 g/mol. The van der Waals surface area contributed by atoms with Crippen molar-refractivity contribution in [2.75, 3.05) is 10.6 Å². The fourth-order valence-electron chi connectivity index (χ4n) is 3.54. The van der Waals surface area contributed by atoms with Gasteiger partial charge in [-0.2, -0.15) is 0 Å². The van der Waals surface area contributed by atoms with Gasteiger partial charge in [-0.05, 0) is 42.4 Å². The lowest BCUT2D eigenvalue weighted by Crippen LogP contribution is -2.29. The molecule has 0 spiro atoms. The number of anilines is 2. The molecular formula is C17H23ClN2O. The molecule has 1 aliphatic carbocycles. The second kappa shape index (κ2) is 5.88. The summed E-state index contributed by atoms with van der Waals surface area (Å²) in [7, 11) is 0. The van der Waals surface area contributed by atoms with E-state index in [9.17, 15) is 4.79 Å². The number of carbonyl (C=O) groups is 1. The second-order valence-corrected chi connectivity index (χ2v) is 7.13. The van der Waals surface area contributed by atoms with Gasteiger partial charge in [-0.1, -0.05) is 38.3 Å². The highest BCUT2D eigenvalue weighted by Crippen LogP contribution is 2.36. The van der Waals surface area contributed by atoms with Crippen LogP contribution >= 0.6 is 11.6 Å². The lowest BCUT2D eigenvalue weighted by atomic mass is 9.79. The largest absolute Gasteiger partial charge is 0.381 e. The van der Waals surface area contributed by atoms with E-state index in [0.717, 1.165) is 28.8 Å². The van der Waals surface area contributed by atoms with Crippen molar-refractivity contribution in [3.05, 3.63) is 22.7 Å². The third-order valence-corrected chi connectivity index (χ3v) is 5.15. The Balaban J connectivity index is 1.73. The summed E-state index contributed by atoms with van der Waals surface area (Å²) in [5, 5.41) is 7.14. The average molecular weight is 307 g/mol. The number of rotatable bonds is 3. The van der Waals surface area contributed by atoms with Crippen molar-refractivity contribution >= 4 is 28.9 Å². The molecule has 3 nitrogen and oxygen atoms in total. The van der Waals surface area contributed by atoms with Gasteiger partial charge in [0.25, 0.3) is 0 Å². The Kier molecular flexibility index (Phi) is 4.12. The van der Waals surface area contributed by atoms with E-state index in [1.807, 2.05) is 12.1 Å². The third kappa shape index (κ3) is 3.18. The maximum absolute atomic E-state index is 11.5. The molecule has 2 atom stereocenters. The van der Waals surface area contributed by atoms with E-state index in [-0.39, 0.29) is 5.91 Å². The molecule has 2 aliphatic rings. The molecule has 2 N–H and O–H groups in total. The van der Waals surface area contributed by atoms with E-state index in [2.05, 4.69) is 24.5 Å². The number of hydrogen-bond donors (Lipinski definition) is 2. The smallest absolute Gasteiger partial charge is 0.228 e. The first-order valence-corrected chi connectivity index (χ1v) is 8.29. The van der Waals surface area contributed by atoms with Gasteiger partial charge in [-0.3, -0.25) is 4.79 Å². The highest BCUT2D eigenvalue weighted by molar-refractivity contribution is 6.33. The van der Waals surface area contributed by atoms with Crippen molar-refractivity contribution < 1.29 is 4.79 Å². The topological polar surface area (TPSA) is 41.1 Å². The number of halogens is 1. The minimum absolute atomic E-state index is 0.0516. The SMILES string of the molecule is CC(C)C1CCCC(Nc2cc3c(cc2Cl)NC(=O)C3)C1.